The molecule has 6 heteroatoms. The molecule has 0 atom stereocenters. The molecule has 0 aliphatic rings. The lowest BCUT2D eigenvalue weighted by molar-refractivity contribution is 1.08. The number of aromatic nitrogens is 4. The Kier molecular flexibility index (Phi) is 5.41. The molecule has 0 fully saturated rings. The van der Waals surface area contributed by atoms with Crippen molar-refractivity contribution in [2.24, 2.45) is 0 Å². The number of rotatable bonds is 2. The van der Waals surface area contributed by atoms with E-state index in [0.29, 0.717) is 0 Å². The van der Waals surface area contributed by atoms with Gasteiger partial charge in [0.1, 0.15) is 5.69 Å². The van der Waals surface area contributed by atoms with Crippen molar-refractivity contribution in [1.82, 2.24) is 18.9 Å². The zero-order valence-electron chi connectivity index (χ0n) is 30.6. The van der Waals surface area contributed by atoms with E-state index in [1.807, 2.05) is 22.7 Å². The van der Waals surface area contributed by atoms with Crippen LogP contribution in [0.3, 0.4) is 0 Å². The summed E-state index contributed by atoms with van der Waals surface area (Å²) in [6.07, 6.45) is 0. The van der Waals surface area contributed by atoms with Crippen LogP contribution in [0.15, 0.2) is 158 Å². The lowest BCUT2D eigenvalue weighted by atomic mass is 9.98. The van der Waals surface area contributed by atoms with E-state index in [0.717, 1.165) is 49.9 Å². The fraction of sp³-hybridized carbons (Fsp3) is 0. The first-order chi connectivity index (χ1) is 28.8. The Morgan fingerprint density at radius 3 is 1.78 bits per heavy atom. The van der Waals surface area contributed by atoms with Crippen LogP contribution < -0.4 is 0 Å². The Morgan fingerprint density at radius 1 is 0.345 bits per heavy atom. The van der Waals surface area contributed by atoms with Gasteiger partial charge in [-0.05, 0) is 59.3 Å². The molecular weight excluding hydrogens is 745 g/mol. The SMILES string of the molecule is c1ccc2c(c1)sc1cccc(-c3nc4c5ccccc5c5ccccc5c4nc3-n3c4ccc5sc6ccc7c8ccccc8n8c9cccc3c9c4c5c6c78)c12. The lowest BCUT2D eigenvalue weighted by Gasteiger charge is -2.17. The van der Waals surface area contributed by atoms with E-state index in [9.17, 15) is 0 Å². The second-order valence-electron chi connectivity index (χ2n) is 15.6. The van der Waals surface area contributed by atoms with Crippen LogP contribution >= 0.6 is 22.7 Å². The number of fused-ring (bicyclic) bond motifs is 13. The number of hydrogen-bond donors (Lipinski definition) is 0. The van der Waals surface area contributed by atoms with Crippen molar-refractivity contribution in [1.29, 1.82) is 0 Å². The molecule has 0 amide bonds. The Bertz CT molecular complexity index is 4270. The number of hydrogen-bond acceptors (Lipinski definition) is 4. The van der Waals surface area contributed by atoms with E-state index in [2.05, 4.69) is 167 Å². The fourth-order valence-electron chi connectivity index (χ4n) is 10.6. The van der Waals surface area contributed by atoms with Gasteiger partial charge in [0, 0.05) is 78.2 Å². The summed E-state index contributed by atoms with van der Waals surface area (Å²) in [5, 5.41) is 14.8. The minimum absolute atomic E-state index is 0.843. The molecule has 0 saturated carbocycles. The van der Waals surface area contributed by atoms with Crippen LogP contribution in [0, 0.1) is 0 Å². The number of benzene rings is 9. The van der Waals surface area contributed by atoms with E-state index in [1.165, 1.54) is 89.2 Å². The summed E-state index contributed by atoms with van der Waals surface area (Å²) in [4.78, 5) is 11.7. The highest BCUT2D eigenvalue weighted by molar-refractivity contribution is 7.26. The minimum atomic E-state index is 0.843. The van der Waals surface area contributed by atoms with E-state index >= 15 is 0 Å². The molecule has 0 bridgehead atoms. The van der Waals surface area contributed by atoms with Gasteiger partial charge in [0.05, 0.1) is 38.6 Å². The van der Waals surface area contributed by atoms with Gasteiger partial charge in [-0.3, -0.25) is 4.57 Å². The Labute approximate surface area is 336 Å². The predicted octanol–water partition coefficient (Wildman–Crippen LogP) is 14.9. The van der Waals surface area contributed by atoms with Crippen molar-refractivity contribution in [3.63, 3.8) is 0 Å². The molecule has 15 rings (SSSR count). The second kappa shape index (κ2) is 10.4. The molecule has 9 aromatic carbocycles. The van der Waals surface area contributed by atoms with E-state index in [-0.39, 0.29) is 0 Å². The highest BCUT2D eigenvalue weighted by Gasteiger charge is 2.28. The molecule has 15 aromatic rings. The first-order valence-corrected chi connectivity index (χ1v) is 21.3. The third kappa shape index (κ3) is 3.50. The Balaban J connectivity index is 1.21. The summed E-state index contributed by atoms with van der Waals surface area (Å²) in [5.74, 6) is 0.843. The van der Waals surface area contributed by atoms with E-state index < -0.39 is 0 Å². The average Bonchev–Trinajstić information content (AvgIpc) is 4.01. The standard InChI is InChI=1S/C52H26N4S2/c1-3-14-30-27(11-1)28-12-2-4-15-31(28)49-48(30)53-50(34-17-9-22-40-43(34)33-16-6-8-21-39(33)57-40)52(54-49)56-37-20-10-19-36-44(37)45-38(56)24-26-41-46(45)47-42(58-41)25-23-32-29-13-5-7-18-35(29)55(36)51(32)47/h1-26H. The molecule has 4 nitrogen and oxygen atoms in total. The van der Waals surface area contributed by atoms with E-state index in [4.69, 9.17) is 9.97 Å². The summed E-state index contributed by atoms with van der Waals surface area (Å²) in [6.45, 7) is 0. The average molecular weight is 771 g/mol. The molecule has 0 aliphatic heterocycles. The van der Waals surface area contributed by atoms with Crippen molar-refractivity contribution in [2.75, 3.05) is 0 Å². The van der Waals surface area contributed by atoms with Gasteiger partial charge >= 0.3 is 0 Å². The Hall–Kier alpha value is -7.12. The van der Waals surface area contributed by atoms with Crippen LogP contribution in [0.1, 0.15) is 0 Å². The van der Waals surface area contributed by atoms with Crippen LogP contribution in [-0.4, -0.2) is 18.9 Å². The molecule has 6 aromatic heterocycles. The van der Waals surface area contributed by atoms with Crippen molar-refractivity contribution in [3.05, 3.63) is 158 Å². The lowest BCUT2D eigenvalue weighted by Crippen LogP contribution is -2.05. The van der Waals surface area contributed by atoms with Crippen LogP contribution in [0.5, 0.6) is 0 Å². The number of thiophene rings is 2. The molecule has 58 heavy (non-hydrogen) atoms. The van der Waals surface area contributed by atoms with Gasteiger partial charge in [-0.1, -0.05) is 109 Å². The highest BCUT2D eigenvalue weighted by atomic mass is 32.1. The molecule has 0 saturated heterocycles. The molecule has 0 spiro atoms. The van der Waals surface area contributed by atoms with Crippen LogP contribution in [0.2, 0.25) is 0 Å². The summed E-state index contributed by atoms with van der Waals surface area (Å²) in [6, 6.07) is 57.9. The van der Waals surface area contributed by atoms with E-state index in [1.54, 1.807) is 0 Å². The van der Waals surface area contributed by atoms with Crippen molar-refractivity contribution in [2.45, 2.75) is 0 Å². The predicted molar refractivity (Wildman–Crippen MR) is 248 cm³/mol. The molecule has 0 aliphatic carbocycles. The monoisotopic (exact) mass is 770 g/mol. The van der Waals surface area contributed by atoms with Crippen LogP contribution in [-0.2, 0) is 0 Å². The zero-order valence-corrected chi connectivity index (χ0v) is 32.2. The second-order valence-corrected chi connectivity index (χ2v) is 17.8. The first kappa shape index (κ1) is 30.1. The van der Waals surface area contributed by atoms with Crippen LogP contribution in [0.25, 0.3) is 139 Å². The van der Waals surface area contributed by atoms with Crippen molar-refractivity contribution in [3.8, 4) is 17.1 Å². The zero-order chi connectivity index (χ0) is 37.4. The van der Waals surface area contributed by atoms with Crippen molar-refractivity contribution >= 4 is 145 Å². The molecular formula is C52H26N4S2. The third-order valence-corrected chi connectivity index (χ3v) is 15.1. The van der Waals surface area contributed by atoms with Gasteiger partial charge in [-0.15, -0.1) is 22.7 Å². The van der Waals surface area contributed by atoms with Gasteiger partial charge in [0.15, 0.2) is 5.82 Å². The largest absolute Gasteiger partial charge is 0.308 e. The van der Waals surface area contributed by atoms with Gasteiger partial charge in [0.25, 0.3) is 0 Å². The highest BCUT2D eigenvalue weighted by Crippen LogP contribution is 2.51. The molecule has 266 valence electrons. The Morgan fingerprint density at radius 2 is 0.931 bits per heavy atom. The van der Waals surface area contributed by atoms with Crippen LogP contribution in [0.4, 0.5) is 0 Å². The maximum atomic E-state index is 5.90. The molecule has 0 radical (unpaired) electrons. The molecule has 0 unspecified atom stereocenters. The quantitative estimate of drug-likeness (QED) is 0.164. The van der Waals surface area contributed by atoms with Crippen molar-refractivity contribution < 1.29 is 0 Å². The summed E-state index contributed by atoms with van der Waals surface area (Å²) < 4.78 is 10.1. The van der Waals surface area contributed by atoms with Gasteiger partial charge in [-0.25, -0.2) is 9.97 Å². The fourth-order valence-corrected chi connectivity index (χ4v) is 12.8. The summed E-state index contributed by atoms with van der Waals surface area (Å²) in [7, 11) is 0. The first-order valence-electron chi connectivity index (χ1n) is 19.7. The summed E-state index contributed by atoms with van der Waals surface area (Å²) in [5.41, 5.74) is 9.81. The normalized spacial score (nSPS) is 12.8. The number of nitrogens with zero attached hydrogens (tertiary/aromatic N) is 4. The van der Waals surface area contributed by atoms with Gasteiger partial charge in [0.2, 0.25) is 0 Å². The maximum absolute atomic E-state index is 5.90. The summed E-state index contributed by atoms with van der Waals surface area (Å²) >= 11 is 3.74. The van der Waals surface area contributed by atoms with Gasteiger partial charge < -0.3 is 4.40 Å². The topological polar surface area (TPSA) is 35.1 Å². The number of para-hydroxylation sites is 1. The third-order valence-electron chi connectivity index (χ3n) is 12.8. The minimum Gasteiger partial charge on any atom is -0.308 e. The maximum Gasteiger partial charge on any atom is 0.165 e. The van der Waals surface area contributed by atoms with Gasteiger partial charge in [-0.2, -0.15) is 0 Å². The molecule has 6 heterocycles. The molecule has 0 N–H and O–H groups in total. The smallest absolute Gasteiger partial charge is 0.165 e.